The van der Waals surface area contributed by atoms with Gasteiger partial charge in [0.2, 0.25) is 0 Å². The van der Waals surface area contributed by atoms with Crippen LogP contribution in [0.3, 0.4) is 0 Å². The third-order valence-electron chi connectivity index (χ3n) is 2.50. The van der Waals surface area contributed by atoms with Gasteiger partial charge in [-0.25, -0.2) is 8.42 Å². The molecule has 0 atom stereocenters. The number of hydrogen-bond acceptors (Lipinski definition) is 5. The Morgan fingerprint density at radius 2 is 1.39 bits per heavy atom. The molecule has 2 rings (SSSR count). The maximum Gasteiger partial charge on any atom is 1.00 e. The fourth-order valence-corrected chi connectivity index (χ4v) is 2.57. The van der Waals surface area contributed by atoms with E-state index in [9.17, 15) is 21.4 Å². The molecule has 0 saturated heterocycles. The van der Waals surface area contributed by atoms with Crippen LogP contribution in [0.25, 0.3) is 0 Å². The Balaban J connectivity index is 0.000000403. The first-order valence-electron chi connectivity index (χ1n) is 6.09. The van der Waals surface area contributed by atoms with Gasteiger partial charge in [0.05, 0.1) is 4.90 Å². The fourth-order valence-electron chi connectivity index (χ4n) is 1.49. The van der Waals surface area contributed by atoms with Crippen molar-refractivity contribution >= 4 is 20.2 Å². The first-order chi connectivity index (χ1) is 10.1. The van der Waals surface area contributed by atoms with E-state index >= 15 is 0 Å². The molecule has 9 heteroatoms. The van der Waals surface area contributed by atoms with Crippen LogP contribution in [-0.4, -0.2) is 25.9 Å². The summed E-state index contributed by atoms with van der Waals surface area (Å²) in [6, 6.07) is 14.3. The van der Waals surface area contributed by atoms with Gasteiger partial charge in [-0.1, -0.05) is 48.0 Å². The van der Waals surface area contributed by atoms with Gasteiger partial charge in [-0.2, -0.15) is 8.42 Å². The molecule has 0 saturated carbocycles. The smallest absolute Gasteiger partial charge is 0.744 e. The van der Waals surface area contributed by atoms with Crippen molar-refractivity contribution in [3.8, 4) is 0 Å². The maximum absolute atomic E-state index is 10.4. The Hall–Kier alpha value is -0.740. The average molecular weight is 366 g/mol. The van der Waals surface area contributed by atoms with E-state index in [0.717, 1.165) is 5.56 Å². The number of aryl methyl sites for hydroxylation is 1. The number of rotatable bonds is 3. The van der Waals surface area contributed by atoms with Gasteiger partial charge in [0.25, 0.3) is 10.1 Å². The van der Waals surface area contributed by atoms with Crippen LogP contribution in [0.15, 0.2) is 59.5 Å². The van der Waals surface area contributed by atoms with Crippen LogP contribution in [0, 0.1) is 6.92 Å². The van der Waals surface area contributed by atoms with Crippen molar-refractivity contribution in [1.82, 2.24) is 0 Å². The third-order valence-corrected chi connectivity index (χ3v) is 4.05. The topological polar surface area (TPSA) is 112 Å². The normalized spacial score (nSPS) is 10.9. The van der Waals surface area contributed by atoms with Crippen LogP contribution in [0.5, 0.6) is 0 Å². The number of benzene rings is 2. The molecule has 0 heterocycles. The van der Waals surface area contributed by atoms with Gasteiger partial charge in [0.1, 0.15) is 15.9 Å². The summed E-state index contributed by atoms with van der Waals surface area (Å²) >= 11 is 0. The molecule has 0 spiro atoms. The minimum Gasteiger partial charge on any atom is -0.744 e. The van der Waals surface area contributed by atoms with Crippen molar-refractivity contribution in [2.45, 2.75) is 17.6 Å². The monoisotopic (exact) mass is 366 g/mol. The molecule has 0 fully saturated rings. The van der Waals surface area contributed by atoms with Gasteiger partial charge in [0, 0.05) is 0 Å². The zero-order chi connectivity index (χ0) is 16.8. The molecule has 0 unspecified atom stereocenters. The van der Waals surface area contributed by atoms with E-state index in [1.165, 1.54) is 12.1 Å². The number of hydrogen-bond donors (Lipinski definition) is 1. The molecule has 0 bridgehead atoms. The van der Waals surface area contributed by atoms with Crippen molar-refractivity contribution in [2.24, 2.45) is 0 Å². The van der Waals surface area contributed by atoms with Crippen molar-refractivity contribution < 1.29 is 55.5 Å². The van der Waals surface area contributed by atoms with Crippen molar-refractivity contribution in [3.05, 3.63) is 65.7 Å². The summed E-state index contributed by atoms with van der Waals surface area (Å²) in [6.45, 7) is 1.82. The summed E-state index contributed by atoms with van der Waals surface area (Å²) in [7, 11) is -8.15. The molecule has 2 aromatic carbocycles. The summed E-state index contributed by atoms with van der Waals surface area (Å²) in [5, 5.41) is 0. The Kier molecular flexibility index (Phi) is 9.22. The van der Waals surface area contributed by atoms with Crippen molar-refractivity contribution in [2.75, 3.05) is 0 Å². The second kappa shape index (κ2) is 9.53. The fraction of sp³-hybridized carbons (Fsp3) is 0.143. The molecule has 6 nitrogen and oxygen atoms in total. The summed E-state index contributed by atoms with van der Waals surface area (Å²) in [5.41, 5.74) is 1.52. The molecule has 120 valence electrons. The predicted octanol–water partition coefficient (Wildman–Crippen LogP) is -1.02. The van der Waals surface area contributed by atoms with Gasteiger partial charge in [0.15, 0.2) is 0 Å². The van der Waals surface area contributed by atoms with E-state index in [-0.39, 0.29) is 40.2 Å². The largest absolute Gasteiger partial charge is 1.00 e. The van der Waals surface area contributed by atoms with Crippen LogP contribution in [0.1, 0.15) is 11.1 Å². The molecular formula is C14H15NaO6S2. The molecule has 1 N–H and O–H groups in total. The van der Waals surface area contributed by atoms with E-state index in [2.05, 4.69) is 0 Å². The molecule has 0 aromatic heterocycles. The van der Waals surface area contributed by atoms with Gasteiger partial charge >= 0.3 is 29.6 Å². The minimum absolute atomic E-state index is 0. The first kappa shape index (κ1) is 22.3. The molecule has 0 aliphatic heterocycles. The van der Waals surface area contributed by atoms with Crippen LogP contribution in [0.2, 0.25) is 0 Å². The molecule has 2 aromatic rings. The Bertz CT molecular complexity index is 800. The van der Waals surface area contributed by atoms with Gasteiger partial charge in [-0.05, 0) is 24.6 Å². The standard InChI is InChI=1S/2C7H8O3S.Na/c1-6-2-4-7(5-3-6)11(8,9)10;8-11(9,10)6-7-4-2-1-3-5-7;/h2-5H,1H3,(H,8,9,10);1-5H,6H2,(H,8,9,10);/q;;+1/p-1. The summed E-state index contributed by atoms with van der Waals surface area (Å²) in [4.78, 5) is -0.178. The molecule has 0 amide bonds. The quantitative estimate of drug-likeness (QED) is 0.550. The Morgan fingerprint density at radius 3 is 1.78 bits per heavy atom. The van der Waals surface area contributed by atoms with Gasteiger partial charge < -0.3 is 4.55 Å². The summed E-state index contributed by atoms with van der Waals surface area (Å²) in [6.07, 6.45) is 0. The van der Waals surface area contributed by atoms with Crippen molar-refractivity contribution in [3.63, 3.8) is 0 Å². The third kappa shape index (κ3) is 9.87. The van der Waals surface area contributed by atoms with Crippen LogP contribution < -0.4 is 29.6 Å². The maximum atomic E-state index is 10.4. The van der Waals surface area contributed by atoms with E-state index in [4.69, 9.17) is 4.55 Å². The molecule has 0 aliphatic rings. The SMILES string of the molecule is Cc1ccc(S(=O)(=O)[O-])cc1.O=S(=O)(O)Cc1ccccc1.[Na+]. The second-order valence-electron chi connectivity index (χ2n) is 4.48. The van der Waals surface area contributed by atoms with E-state index < -0.39 is 20.2 Å². The second-order valence-corrected chi connectivity index (χ2v) is 7.31. The van der Waals surface area contributed by atoms with Gasteiger partial charge in [-0.3, -0.25) is 4.55 Å². The minimum atomic E-state index is -4.27. The molecular weight excluding hydrogens is 351 g/mol. The Labute approximate surface area is 158 Å². The molecule has 0 radical (unpaired) electrons. The van der Waals surface area contributed by atoms with Gasteiger partial charge in [-0.15, -0.1) is 0 Å². The zero-order valence-corrected chi connectivity index (χ0v) is 16.3. The van der Waals surface area contributed by atoms with Crippen LogP contribution in [-0.2, 0) is 26.0 Å². The average Bonchev–Trinajstić information content (AvgIpc) is 2.38. The van der Waals surface area contributed by atoms with Crippen molar-refractivity contribution in [1.29, 1.82) is 0 Å². The summed E-state index contributed by atoms with van der Waals surface area (Å²) < 4.78 is 60.3. The van der Waals surface area contributed by atoms with E-state index in [0.29, 0.717) is 5.56 Å². The van der Waals surface area contributed by atoms with E-state index in [1.54, 1.807) is 42.5 Å². The molecule has 23 heavy (non-hydrogen) atoms. The zero-order valence-electron chi connectivity index (χ0n) is 12.7. The molecule has 0 aliphatic carbocycles. The van der Waals surface area contributed by atoms with E-state index in [1.807, 2.05) is 6.92 Å². The first-order valence-corrected chi connectivity index (χ1v) is 9.11. The Morgan fingerprint density at radius 1 is 0.913 bits per heavy atom. The summed E-state index contributed by atoms with van der Waals surface area (Å²) in [5.74, 6) is -0.312. The van der Waals surface area contributed by atoms with Crippen LogP contribution >= 0.6 is 0 Å². The van der Waals surface area contributed by atoms with Crippen LogP contribution in [0.4, 0.5) is 0 Å². The predicted molar refractivity (Wildman–Crippen MR) is 80.8 cm³/mol.